The third-order valence-corrected chi connectivity index (χ3v) is 5.15. The van der Waals surface area contributed by atoms with Gasteiger partial charge in [-0.1, -0.05) is 12.1 Å². The third kappa shape index (κ3) is 6.36. The first-order chi connectivity index (χ1) is 17.0. The lowest BCUT2D eigenvalue weighted by Crippen LogP contribution is -2.29. The molecular weight excluding hydrogens is 456 g/mol. The van der Waals surface area contributed by atoms with Gasteiger partial charge in [0.25, 0.3) is 0 Å². The summed E-state index contributed by atoms with van der Waals surface area (Å²) in [6, 6.07) is 11.6. The lowest BCUT2D eigenvalue weighted by atomic mass is 10.1. The summed E-state index contributed by atoms with van der Waals surface area (Å²) in [4.78, 5) is 40.6. The highest BCUT2D eigenvalue weighted by atomic mass is 16.6. The summed E-state index contributed by atoms with van der Waals surface area (Å²) < 4.78 is 21.0. The molecule has 0 unspecified atom stereocenters. The first-order valence-electron chi connectivity index (χ1n) is 10.8. The number of oxazole rings is 1. The minimum Gasteiger partial charge on any atom is -0.496 e. The van der Waals surface area contributed by atoms with Crippen LogP contribution in [0.4, 0.5) is 16.2 Å². The van der Waals surface area contributed by atoms with E-state index in [1.165, 1.54) is 13.5 Å². The molecule has 0 spiro atoms. The van der Waals surface area contributed by atoms with Crippen molar-refractivity contribution in [3.05, 3.63) is 60.6 Å². The highest BCUT2D eigenvalue weighted by Crippen LogP contribution is 2.32. The highest BCUT2D eigenvalue weighted by Gasteiger charge is 2.20. The normalized spacial score (nSPS) is 14.7. The molecule has 4 rings (SSSR count). The molecule has 11 heteroatoms. The van der Waals surface area contributed by atoms with Crippen molar-refractivity contribution in [2.75, 3.05) is 31.0 Å². The van der Waals surface area contributed by atoms with E-state index in [0.717, 1.165) is 5.56 Å². The van der Waals surface area contributed by atoms with Crippen LogP contribution in [0.25, 0.3) is 11.3 Å². The monoisotopic (exact) mass is 480 g/mol. The summed E-state index contributed by atoms with van der Waals surface area (Å²) in [6.45, 7) is 1.17. The van der Waals surface area contributed by atoms with Gasteiger partial charge < -0.3 is 34.6 Å². The van der Waals surface area contributed by atoms with Gasteiger partial charge in [0, 0.05) is 30.4 Å². The number of amides is 3. The number of hydrogen-bond donors (Lipinski definition) is 3. The van der Waals surface area contributed by atoms with Crippen LogP contribution in [0.15, 0.2) is 59.5 Å². The number of carbonyl (C=O) groups excluding carboxylic acids is 3. The molecule has 0 radical (unpaired) electrons. The van der Waals surface area contributed by atoms with Crippen LogP contribution < -0.4 is 20.7 Å². The van der Waals surface area contributed by atoms with E-state index in [4.69, 9.17) is 18.6 Å². The molecule has 2 aromatic carbocycles. The van der Waals surface area contributed by atoms with Crippen molar-refractivity contribution < 1.29 is 33.0 Å². The first kappa shape index (κ1) is 23.8. The number of hydrogen-bond acceptors (Lipinski definition) is 8. The maximum atomic E-state index is 12.4. The fourth-order valence-electron chi connectivity index (χ4n) is 3.43. The predicted molar refractivity (Wildman–Crippen MR) is 125 cm³/mol. The van der Waals surface area contributed by atoms with Gasteiger partial charge in [-0.3, -0.25) is 9.59 Å². The Bertz CT molecular complexity index is 1190. The molecule has 3 aromatic rings. The number of alkyl carbamates (subject to hydrolysis) is 1. The second kappa shape index (κ2) is 11.2. The number of nitrogens with zero attached hydrogens (tertiary/aromatic N) is 1. The van der Waals surface area contributed by atoms with Gasteiger partial charge >= 0.3 is 17.9 Å². The number of carbonyl (C=O) groups is 3. The maximum Gasteiger partial charge on any atom is 0.407 e. The second-order valence-electron chi connectivity index (χ2n) is 7.63. The Morgan fingerprint density at radius 2 is 1.89 bits per heavy atom. The van der Waals surface area contributed by atoms with E-state index in [1.54, 1.807) is 48.7 Å². The van der Waals surface area contributed by atoms with Gasteiger partial charge in [0.1, 0.15) is 11.9 Å². The predicted octanol–water partition coefficient (Wildman–Crippen LogP) is 2.94. The Hall–Kier alpha value is -4.38. The fourth-order valence-corrected chi connectivity index (χ4v) is 3.43. The van der Waals surface area contributed by atoms with Crippen molar-refractivity contribution in [1.29, 1.82) is 0 Å². The molecule has 35 heavy (non-hydrogen) atoms. The van der Waals surface area contributed by atoms with Crippen LogP contribution in [0.3, 0.4) is 0 Å². The number of benzene rings is 2. The summed E-state index contributed by atoms with van der Waals surface area (Å²) >= 11 is 0. The Kier molecular flexibility index (Phi) is 7.58. The lowest BCUT2D eigenvalue weighted by Gasteiger charge is -2.12. The minimum absolute atomic E-state index is 0.194. The molecule has 1 fully saturated rings. The molecular formula is C24H24N4O7. The zero-order valence-electron chi connectivity index (χ0n) is 18.9. The van der Waals surface area contributed by atoms with Crippen molar-refractivity contribution >= 4 is 29.3 Å². The van der Waals surface area contributed by atoms with Crippen molar-refractivity contribution in [2.45, 2.75) is 19.1 Å². The summed E-state index contributed by atoms with van der Waals surface area (Å²) in [6.07, 6.45) is 2.74. The highest BCUT2D eigenvalue weighted by molar-refractivity contribution is 6.43. The molecule has 0 saturated carbocycles. The zero-order valence-corrected chi connectivity index (χ0v) is 18.9. The molecule has 1 atom stereocenters. The smallest absolute Gasteiger partial charge is 0.407 e. The maximum absolute atomic E-state index is 12.4. The number of nitrogens with one attached hydrogen (secondary N) is 3. The fraction of sp³-hybridized carbons (Fsp3) is 0.250. The van der Waals surface area contributed by atoms with Crippen LogP contribution in [-0.4, -0.2) is 49.3 Å². The van der Waals surface area contributed by atoms with Crippen molar-refractivity contribution in [1.82, 2.24) is 10.3 Å². The summed E-state index contributed by atoms with van der Waals surface area (Å²) in [5, 5.41) is 7.74. The van der Waals surface area contributed by atoms with Crippen LogP contribution in [0.5, 0.6) is 5.75 Å². The van der Waals surface area contributed by atoms with Crippen molar-refractivity contribution in [3.63, 3.8) is 0 Å². The molecule has 1 saturated heterocycles. The molecule has 3 N–H and O–H groups in total. The van der Waals surface area contributed by atoms with Crippen molar-refractivity contribution in [2.24, 2.45) is 0 Å². The van der Waals surface area contributed by atoms with Crippen LogP contribution in [0.1, 0.15) is 12.0 Å². The molecule has 182 valence electrons. The summed E-state index contributed by atoms with van der Waals surface area (Å²) in [7, 11) is 1.48. The number of aromatic nitrogens is 1. The van der Waals surface area contributed by atoms with E-state index >= 15 is 0 Å². The summed E-state index contributed by atoms with van der Waals surface area (Å²) in [5.74, 6) is -0.758. The average Bonchev–Trinajstić information content (AvgIpc) is 3.57. The minimum atomic E-state index is -0.856. The van der Waals surface area contributed by atoms with Crippen LogP contribution in [0.2, 0.25) is 0 Å². The number of methoxy groups -OCH3 is 1. The average molecular weight is 480 g/mol. The SMILES string of the molecule is COc1cc(NC(=O)C(=O)Nc2cccc(CNC(=O)O[C@@H]3CCOC3)c2)ccc1-c1cnco1. The van der Waals surface area contributed by atoms with Crippen LogP contribution in [-0.2, 0) is 25.6 Å². The Balaban J connectivity index is 1.31. The number of rotatable bonds is 7. The van der Waals surface area contributed by atoms with Gasteiger partial charge in [0.15, 0.2) is 12.2 Å². The number of anilines is 2. The van der Waals surface area contributed by atoms with Gasteiger partial charge in [0.05, 0.1) is 32.1 Å². The van der Waals surface area contributed by atoms with E-state index in [2.05, 4.69) is 20.9 Å². The summed E-state index contributed by atoms with van der Waals surface area (Å²) in [5.41, 5.74) is 2.14. The van der Waals surface area contributed by atoms with E-state index in [1.807, 2.05) is 0 Å². The largest absolute Gasteiger partial charge is 0.496 e. The van der Waals surface area contributed by atoms with E-state index in [-0.39, 0.29) is 12.6 Å². The second-order valence-corrected chi connectivity index (χ2v) is 7.63. The standard InChI is InChI=1S/C24H24N4O7/c1-32-20-10-17(5-6-19(20)21-12-25-14-34-21)28-23(30)22(29)27-16-4-2-3-15(9-16)11-26-24(31)35-18-7-8-33-13-18/h2-6,9-10,12,14,18H,7-8,11,13H2,1H3,(H,26,31)(H,27,29)(H,28,30)/t18-/m1/s1. The third-order valence-electron chi connectivity index (χ3n) is 5.15. The van der Waals surface area contributed by atoms with Gasteiger partial charge in [0.2, 0.25) is 0 Å². The molecule has 0 aliphatic carbocycles. The van der Waals surface area contributed by atoms with Gasteiger partial charge in [-0.05, 0) is 29.8 Å². The molecule has 0 bridgehead atoms. The van der Waals surface area contributed by atoms with Crippen LogP contribution >= 0.6 is 0 Å². The molecule has 1 aliphatic heterocycles. The Morgan fingerprint density at radius 1 is 1.09 bits per heavy atom. The van der Waals surface area contributed by atoms with Gasteiger partial charge in [-0.25, -0.2) is 9.78 Å². The first-order valence-corrected chi connectivity index (χ1v) is 10.8. The topological polar surface area (TPSA) is 141 Å². The van der Waals surface area contributed by atoms with Crippen LogP contribution in [0, 0.1) is 0 Å². The van der Waals surface area contributed by atoms with E-state index < -0.39 is 17.9 Å². The molecule has 2 heterocycles. The lowest BCUT2D eigenvalue weighted by molar-refractivity contribution is -0.132. The van der Waals surface area contributed by atoms with Gasteiger partial charge in [-0.15, -0.1) is 0 Å². The van der Waals surface area contributed by atoms with E-state index in [0.29, 0.717) is 48.1 Å². The molecule has 11 nitrogen and oxygen atoms in total. The Morgan fingerprint density at radius 3 is 2.57 bits per heavy atom. The molecule has 1 aliphatic rings. The Labute approximate surface area is 200 Å². The number of ether oxygens (including phenoxy) is 3. The quantitative estimate of drug-likeness (QED) is 0.439. The van der Waals surface area contributed by atoms with E-state index in [9.17, 15) is 14.4 Å². The van der Waals surface area contributed by atoms with Crippen molar-refractivity contribution in [3.8, 4) is 17.1 Å². The molecule has 3 amide bonds. The molecule has 1 aromatic heterocycles. The zero-order chi connectivity index (χ0) is 24.6. The van der Waals surface area contributed by atoms with Gasteiger partial charge in [-0.2, -0.15) is 0 Å².